The molecule has 0 aliphatic rings. The van der Waals surface area contributed by atoms with Crippen molar-refractivity contribution >= 4 is 0 Å². The summed E-state index contributed by atoms with van der Waals surface area (Å²) in [4.78, 5) is 0. The number of aromatic hydroxyl groups is 1. The smallest absolute Gasteiger partial charge is 0.117 e. The molecule has 0 fully saturated rings. The minimum atomic E-state index is 0.0674. The average Bonchev–Trinajstić information content (AvgIpc) is 2.55. The summed E-state index contributed by atoms with van der Waals surface area (Å²) in [5.41, 5.74) is 2.37. The fraction of sp³-hybridized carbons (Fsp3) is 0.300. The first-order valence-corrected chi connectivity index (χ1v) is 7.95. The van der Waals surface area contributed by atoms with Crippen molar-refractivity contribution in [3.8, 4) is 5.75 Å². The predicted octanol–water partition coefficient (Wildman–Crippen LogP) is 3.13. The van der Waals surface area contributed by atoms with Gasteiger partial charge in [0.15, 0.2) is 0 Å². The van der Waals surface area contributed by atoms with Gasteiger partial charge in [-0.2, -0.15) is 0 Å². The second-order valence-electron chi connectivity index (χ2n) is 6.30. The molecule has 0 aliphatic carbocycles. The van der Waals surface area contributed by atoms with E-state index in [1.165, 1.54) is 5.56 Å². The molecule has 2 atom stereocenters. The van der Waals surface area contributed by atoms with Crippen molar-refractivity contribution in [3.05, 3.63) is 78.4 Å². The molecule has 2 aromatic carbocycles. The van der Waals surface area contributed by atoms with Crippen molar-refractivity contribution in [2.75, 3.05) is 20.2 Å². The minimum absolute atomic E-state index is 0.0674. The maximum absolute atomic E-state index is 9.98. The number of quaternary nitrogens is 1. The van der Waals surface area contributed by atoms with Crippen LogP contribution in [-0.4, -0.2) is 40.9 Å². The first-order valence-electron chi connectivity index (χ1n) is 7.95. The van der Waals surface area contributed by atoms with Crippen molar-refractivity contribution < 1.29 is 14.7 Å². The summed E-state index contributed by atoms with van der Waals surface area (Å²) in [5.74, 6) is 0.266. The molecule has 3 heteroatoms. The van der Waals surface area contributed by atoms with E-state index in [1.54, 1.807) is 12.1 Å². The van der Waals surface area contributed by atoms with Gasteiger partial charge in [-0.1, -0.05) is 49.0 Å². The van der Waals surface area contributed by atoms with Gasteiger partial charge in [-0.25, -0.2) is 0 Å². The zero-order valence-corrected chi connectivity index (χ0v) is 13.7. The van der Waals surface area contributed by atoms with E-state index < -0.39 is 0 Å². The molecule has 2 aromatic rings. The number of benzene rings is 2. The van der Waals surface area contributed by atoms with Crippen LogP contribution >= 0.6 is 0 Å². The molecule has 0 saturated heterocycles. The van der Waals surface area contributed by atoms with Crippen LogP contribution in [0.5, 0.6) is 5.75 Å². The van der Waals surface area contributed by atoms with E-state index in [-0.39, 0.29) is 18.4 Å². The summed E-state index contributed by atoms with van der Waals surface area (Å²) < 4.78 is 0.699. The normalized spacial score (nSPS) is 14.9. The van der Waals surface area contributed by atoms with Crippen LogP contribution in [-0.2, 0) is 13.0 Å². The maximum Gasteiger partial charge on any atom is 0.117 e. The van der Waals surface area contributed by atoms with Crippen LogP contribution in [0, 0.1) is 0 Å². The van der Waals surface area contributed by atoms with Crippen LogP contribution in [0.1, 0.15) is 11.1 Å². The summed E-state index contributed by atoms with van der Waals surface area (Å²) in [6, 6.07) is 17.6. The summed E-state index contributed by atoms with van der Waals surface area (Å²) >= 11 is 0. The molecule has 0 radical (unpaired) electrons. The summed E-state index contributed by atoms with van der Waals surface area (Å²) in [6.45, 7) is 5.63. The Hall–Kier alpha value is -2.10. The molecule has 0 unspecified atom stereocenters. The Kier molecular flexibility index (Phi) is 5.97. The molecule has 0 bridgehead atoms. The summed E-state index contributed by atoms with van der Waals surface area (Å²) in [5, 5.41) is 19.4. The van der Waals surface area contributed by atoms with E-state index in [0.717, 1.165) is 25.1 Å². The number of phenols is 1. The SMILES string of the molecule is C=CC[N@+](C)(Cc1ccccc1)[C@H](CO)Cc1ccc(O)cc1. The zero-order valence-electron chi connectivity index (χ0n) is 13.7. The molecule has 3 nitrogen and oxygen atoms in total. The fourth-order valence-electron chi connectivity index (χ4n) is 3.02. The molecular weight excluding hydrogens is 286 g/mol. The van der Waals surface area contributed by atoms with Crippen LogP contribution in [0.15, 0.2) is 67.3 Å². The van der Waals surface area contributed by atoms with E-state index in [4.69, 9.17) is 0 Å². The summed E-state index contributed by atoms with van der Waals surface area (Å²) in [6.07, 6.45) is 2.68. The topological polar surface area (TPSA) is 40.5 Å². The number of hydrogen-bond donors (Lipinski definition) is 2. The lowest BCUT2D eigenvalue weighted by molar-refractivity contribution is -0.941. The third-order valence-corrected chi connectivity index (χ3v) is 4.43. The van der Waals surface area contributed by atoms with E-state index in [0.29, 0.717) is 4.48 Å². The lowest BCUT2D eigenvalue weighted by Gasteiger charge is -2.40. The second kappa shape index (κ2) is 7.95. The first-order chi connectivity index (χ1) is 11.1. The average molecular weight is 312 g/mol. The first kappa shape index (κ1) is 17.3. The highest BCUT2D eigenvalue weighted by Crippen LogP contribution is 2.21. The maximum atomic E-state index is 9.98. The van der Waals surface area contributed by atoms with Gasteiger partial charge in [-0.3, -0.25) is 0 Å². The van der Waals surface area contributed by atoms with Crippen LogP contribution in [0.3, 0.4) is 0 Å². The molecule has 2 N–H and O–H groups in total. The molecule has 122 valence electrons. The Morgan fingerprint density at radius 1 is 1.04 bits per heavy atom. The lowest BCUT2D eigenvalue weighted by Crippen LogP contribution is -2.54. The highest BCUT2D eigenvalue weighted by atomic mass is 16.3. The van der Waals surface area contributed by atoms with Crippen molar-refractivity contribution in [3.63, 3.8) is 0 Å². The number of aliphatic hydroxyl groups is 1. The van der Waals surface area contributed by atoms with Crippen LogP contribution < -0.4 is 0 Å². The zero-order chi connectivity index (χ0) is 16.7. The van der Waals surface area contributed by atoms with E-state index in [2.05, 4.69) is 25.8 Å². The number of hydrogen-bond acceptors (Lipinski definition) is 2. The van der Waals surface area contributed by atoms with Gasteiger partial charge >= 0.3 is 0 Å². The van der Waals surface area contributed by atoms with Gasteiger partial charge in [0.2, 0.25) is 0 Å². The largest absolute Gasteiger partial charge is 0.508 e. The second-order valence-corrected chi connectivity index (χ2v) is 6.30. The molecule has 0 aliphatic heterocycles. The van der Waals surface area contributed by atoms with Crippen LogP contribution in [0.2, 0.25) is 0 Å². The van der Waals surface area contributed by atoms with Gasteiger partial charge in [0, 0.05) is 12.0 Å². The van der Waals surface area contributed by atoms with Crippen LogP contribution in [0.4, 0.5) is 0 Å². The highest BCUT2D eigenvalue weighted by Gasteiger charge is 2.31. The Labute approximate surface area is 138 Å². The molecule has 0 amide bonds. The van der Waals surface area contributed by atoms with Gasteiger partial charge in [-0.05, 0) is 23.8 Å². The van der Waals surface area contributed by atoms with E-state index in [1.807, 2.05) is 36.4 Å². The van der Waals surface area contributed by atoms with Crippen molar-refractivity contribution in [1.82, 2.24) is 0 Å². The van der Waals surface area contributed by atoms with Gasteiger partial charge in [-0.15, -0.1) is 0 Å². The third kappa shape index (κ3) is 4.68. The molecule has 0 spiro atoms. The van der Waals surface area contributed by atoms with Gasteiger partial charge in [0.1, 0.15) is 18.3 Å². The van der Waals surface area contributed by atoms with E-state index >= 15 is 0 Å². The monoisotopic (exact) mass is 312 g/mol. The molecule has 0 aromatic heterocycles. The predicted molar refractivity (Wildman–Crippen MR) is 94.1 cm³/mol. The van der Waals surface area contributed by atoms with E-state index in [9.17, 15) is 10.2 Å². The number of nitrogens with zero attached hydrogens (tertiary/aromatic N) is 1. The fourth-order valence-corrected chi connectivity index (χ4v) is 3.02. The van der Waals surface area contributed by atoms with Crippen molar-refractivity contribution in [2.45, 2.75) is 19.0 Å². The van der Waals surface area contributed by atoms with Gasteiger partial charge < -0.3 is 14.7 Å². The van der Waals surface area contributed by atoms with Gasteiger partial charge in [0.25, 0.3) is 0 Å². The standard InChI is InChI=1S/C20H25NO2/c1-3-13-21(2,15-18-7-5-4-6-8-18)19(16-22)14-17-9-11-20(23)12-10-17/h3-12,19,22H,1,13-16H2,2H3/p+1/t19-,21+/m0/s1. The minimum Gasteiger partial charge on any atom is -0.508 e. The molecular formula is C20H26NO2+. The lowest BCUT2D eigenvalue weighted by atomic mass is 10.0. The Morgan fingerprint density at radius 3 is 2.26 bits per heavy atom. The van der Waals surface area contributed by atoms with Gasteiger partial charge in [0.05, 0.1) is 20.2 Å². The highest BCUT2D eigenvalue weighted by molar-refractivity contribution is 5.26. The molecule has 23 heavy (non-hydrogen) atoms. The number of likely N-dealkylation sites (N-methyl/N-ethyl adjacent to an activating group) is 1. The Bertz CT molecular complexity index is 609. The summed E-state index contributed by atoms with van der Waals surface area (Å²) in [7, 11) is 2.16. The molecule has 0 saturated carbocycles. The van der Waals surface area contributed by atoms with Crippen molar-refractivity contribution in [1.29, 1.82) is 0 Å². The van der Waals surface area contributed by atoms with Crippen LogP contribution in [0.25, 0.3) is 0 Å². The quantitative estimate of drug-likeness (QED) is 0.581. The van der Waals surface area contributed by atoms with Crippen molar-refractivity contribution in [2.24, 2.45) is 0 Å². The number of phenolic OH excluding ortho intramolecular Hbond substituents is 1. The third-order valence-electron chi connectivity index (χ3n) is 4.43. The number of rotatable bonds is 8. The molecule has 0 heterocycles. The number of aliphatic hydroxyl groups excluding tert-OH is 1. The Morgan fingerprint density at radius 2 is 1.70 bits per heavy atom. The molecule has 2 rings (SSSR count). The Balaban J connectivity index is 2.21.